The molecule has 0 amide bonds. The first-order valence-corrected chi connectivity index (χ1v) is 9.82. The first kappa shape index (κ1) is 18.1. The highest BCUT2D eigenvalue weighted by molar-refractivity contribution is 6.29. The van der Waals surface area contributed by atoms with Crippen LogP contribution in [0, 0.1) is 22.7 Å². The predicted octanol–water partition coefficient (Wildman–Crippen LogP) is 3.70. The molecule has 0 radical (unpaired) electrons. The van der Waals surface area contributed by atoms with E-state index < -0.39 is 22.6 Å². The minimum absolute atomic E-state index is 0.0299. The molecule has 0 saturated heterocycles. The van der Waals surface area contributed by atoms with Gasteiger partial charge in [-0.05, 0) is 62.2 Å². The lowest BCUT2D eigenvalue weighted by Gasteiger charge is -2.54. The molecule has 26 heavy (non-hydrogen) atoms. The summed E-state index contributed by atoms with van der Waals surface area (Å²) < 4.78 is 15.1. The lowest BCUT2D eigenvalue weighted by atomic mass is 9.51. The van der Waals surface area contributed by atoms with Gasteiger partial charge in [-0.25, -0.2) is 4.39 Å². The van der Waals surface area contributed by atoms with Crippen molar-refractivity contribution in [1.29, 1.82) is 0 Å². The zero-order chi connectivity index (χ0) is 18.9. The molecule has 3 nitrogen and oxygen atoms in total. The van der Waals surface area contributed by atoms with Crippen LogP contribution in [0.2, 0.25) is 0 Å². The van der Waals surface area contributed by atoms with Gasteiger partial charge in [0.15, 0.2) is 11.6 Å². The van der Waals surface area contributed by atoms with E-state index in [9.17, 15) is 14.7 Å². The van der Waals surface area contributed by atoms with Crippen LogP contribution in [0.1, 0.15) is 39.5 Å². The molecule has 0 heterocycles. The number of aliphatic hydroxyl groups is 1. The molecule has 4 aliphatic rings. The maximum atomic E-state index is 15.1. The monoisotopic (exact) mass is 378 g/mol. The van der Waals surface area contributed by atoms with Crippen LogP contribution in [0.5, 0.6) is 0 Å². The summed E-state index contributed by atoms with van der Waals surface area (Å²) in [5.41, 5.74) is -0.983. The summed E-state index contributed by atoms with van der Waals surface area (Å²) in [6, 6.07) is 0. The number of ketones is 2. The van der Waals surface area contributed by atoms with E-state index in [0.717, 1.165) is 5.57 Å². The van der Waals surface area contributed by atoms with Crippen LogP contribution < -0.4 is 0 Å². The summed E-state index contributed by atoms with van der Waals surface area (Å²) in [7, 11) is 0. The number of hydrogen-bond acceptors (Lipinski definition) is 3. The van der Waals surface area contributed by atoms with Crippen molar-refractivity contribution in [3.8, 4) is 0 Å². The van der Waals surface area contributed by atoms with Crippen molar-refractivity contribution in [3.05, 3.63) is 35.5 Å². The number of fused-ring (bicyclic) bond motifs is 5. The fourth-order valence-corrected chi connectivity index (χ4v) is 6.33. The second-order valence-electron chi connectivity index (χ2n) is 8.69. The Bertz CT molecular complexity index is 784. The zero-order valence-electron chi connectivity index (χ0n) is 15.1. The molecule has 0 aromatic heterocycles. The lowest BCUT2D eigenvalue weighted by Crippen LogP contribution is -2.55. The van der Waals surface area contributed by atoms with Crippen molar-refractivity contribution >= 4 is 23.2 Å². The molecule has 2 saturated carbocycles. The number of Topliss-reactive ketones (excluding diaryl/α,β-unsaturated/α-hetero) is 1. The van der Waals surface area contributed by atoms with Crippen LogP contribution in [0.15, 0.2) is 35.5 Å². The van der Waals surface area contributed by atoms with Crippen LogP contribution >= 0.6 is 11.6 Å². The Balaban J connectivity index is 1.80. The summed E-state index contributed by atoms with van der Waals surface area (Å²) in [6.45, 7) is 3.92. The number of hydrogen-bond donors (Lipinski definition) is 1. The quantitative estimate of drug-likeness (QED) is 0.588. The van der Waals surface area contributed by atoms with E-state index in [1.807, 2.05) is 19.9 Å². The molecule has 1 N–H and O–H groups in total. The Labute approximate surface area is 158 Å². The SMILES string of the molecule is C[C@]12C=CC(=O)C=C1[C@@H](F)CC1C2=CC[C@@]2(C)C1CC[C@]2(O)C(=O)CCl. The molecule has 6 atom stereocenters. The van der Waals surface area contributed by atoms with Gasteiger partial charge >= 0.3 is 0 Å². The van der Waals surface area contributed by atoms with Crippen molar-refractivity contribution in [2.45, 2.75) is 51.3 Å². The molecular formula is C21H24ClFO3. The van der Waals surface area contributed by atoms with Crippen LogP contribution in [0.3, 0.4) is 0 Å². The molecule has 140 valence electrons. The van der Waals surface area contributed by atoms with Gasteiger partial charge in [0, 0.05) is 10.8 Å². The third-order valence-corrected chi connectivity index (χ3v) is 7.91. The topological polar surface area (TPSA) is 54.4 Å². The molecule has 0 spiro atoms. The normalized spacial score (nSPS) is 46.8. The average Bonchev–Trinajstić information content (AvgIpc) is 2.88. The fourth-order valence-electron chi connectivity index (χ4n) is 6.11. The van der Waals surface area contributed by atoms with Gasteiger partial charge in [-0.15, -0.1) is 11.6 Å². The highest BCUT2D eigenvalue weighted by Crippen LogP contribution is 2.65. The van der Waals surface area contributed by atoms with Gasteiger partial charge < -0.3 is 5.11 Å². The molecule has 0 aliphatic heterocycles. The number of rotatable bonds is 2. The van der Waals surface area contributed by atoms with Gasteiger partial charge in [0.05, 0.1) is 5.88 Å². The molecular weight excluding hydrogens is 355 g/mol. The van der Waals surface area contributed by atoms with Gasteiger partial charge in [-0.3, -0.25) is 9.59 Å². The lowest BCUT2D eigenvalue weighted by molar-refractivity contribution is -0.150. The van der Waals surface area contributed by atoms with E-state index in [2.05, 4.69) is 6.08 Å². The van der Waals surface area contributed by atoms with E-state index in [1.165, 1.54) is 12.2 Å². The number of carbonyl (C=O) groups excluding carboxylic acids is 2. The molecule has 0 aromatic carbocycles. The largest absolute Gasteiger partial charge is 0.381 e. The van der Waals surface area contributed by atoms with Crippen LogP contribution in [0.4, 0.5) is 4.39 Å². The minimum atomic E-state index is -1.44. The zero-order valence-corrected chi connectivity index (χ0v) is 15.9. The first-order chi connectivity index (χ1) is 12.2. The van der Waals surface area contributed by atoms with Crippen LogP contribution in [-0.4, -0.2) is 34.3 Å². The molecule has 2 unspecified atom stereocenters. The third kappa shape index (κ3) is 2.09. The van der Waals surface area contributed by atoms with E-state index in [-0.39, 0.29) is 29.3 Å². The summed E-state index contributed by atoms with van der Waals surface area (Å²) in [5.74, 6) is -0.712. The first-order valence-electron chi connectivity index (χ1n) is 9.29. The fraction of sp³-hybridized carbons (Fsp3) is 0.619. The van der Waals surface area contributed by atoms with E-state index in [0.29, 0.717) is 31.3 Å². The summed E-state index contributed by atoms with van der Waals surface area (Å²) in [6.07, 6.45) is 7.61. The summed E-state index contributed by atoms with van der Waals surface area (Å²) >= 11 is 5.77. The Morgan fingerprint density at radius 1 is 1.38 bits per heavy atom. The van der Waals surface area contributed by atoms with Gasteiger partial charge in [-0.1, -0.05) is 24.6 Å². The van der Waals surface area contributed by atoms with Crippen LogP contribution in [-0.2, 0) is 9.59 Å². The van der Waals surface area contributed by atoms with Crippen LogP contribution in [0.25, 0.3) is 0 Å². The smallest absolute Gasteiger partial charge is 0.179 e. The molecule has 4 aliphatic carbocycles. The van der Waals surface area contributed by atoms with E-state index in [4.69, 9.17) is 11.6 Å². The second-order valence-corrected chi connectivity index (χ2v) is 8.96. The standard InChI is InChI=1S/C21H24ClFO3/c1-19-6-3-12(24)9-16(19)17(23)10-13-14(19)4-7-20(2)15(13)5-8-21(20,26)18(25)11-22/h3-4,6,9,13,15,17,26H,5,7-8,10-11H2,1-2H3/t13?,15?,17-,19+,20-,21-/m0/s1. The number of carbonyl (C=O) groups is 2. The predicted molar refractivity (Wildman–Crippen MR) is 97.5 cm³/mol. The van der Waals surface area contributed by atoms with E-state index >= 15 is 4.39 Å². The molecule has 2 fully saturated rings. The molecule has 5 heteroatoms. The maximum Gasteiger partial charge on any atom is 0.179 e. The highest BCUT2D eigenvalue weighted by atomic mass is 35.5. The van der Waals surface area contributed by atoms with Crippen molar-refractivity contribution in [2.75, 3.05) is 5.88 Å². The van der Waals surface area contributed by atoms with Gasteiger partial charge in [0.25, 0.3) is 0 Å². The highest BCUT2D eigenvalue weighted by Gasteiger charge is 2.64. The Morgan fingerprint density at radius 2 is 2.12 bits per heavy atom. The third-order valence-electron chi connectivity index (χ3n) is 7.67. The van der Waals surface area contributed by atoms with Crippen molar-refractivity contribution in [1.82, 2.24) is 0 Å². The molecule has 0 aromatic rings. The molecule has 0 bridgehead atoms. The van der Waals surface area contributed by atoms with Gasteiger partial charge in [-0.2, -0.15) is 0 Å². The van der Waals surface area contributed by atoms with Gasteiger partial charge in [0.1, 0.15) is 11.8 Å². The Hall–Kier alpha value is -1.26. The summed E-state index contributed by atoms with van der Waals surface area (Å²) in [4.78, 5) is 24.2. The average molecular weight is 379 g/mol. The van der Waals surface area contributed by atoms with Crippen molar-refractivity contribution in [2.24, 2.45) is 22.7 Å². The number of alkyl halides is 2. The number of halogens is 2. The van der Waals surface area contributed by atoms with E-state index in [1.54, 1.807) is 0 Å². The van der Waals surface area contributed by atoms with Crippen molar-refractivity contribution in [3.63, 3.8) is 0 Å². The maximum absolute atomic E-state index is 15.1. The molecule has 4 rings (SSSR count). The van der Waals surface area contributed by atoms with Gasteiger partial charge in [0.2, 0.25) is 0 Å². The van der Waals surface area contributed by atoms with Crippen molar-refractivity contribution < 1.29 is 19.1 Å². The minimum Gasteiger partial charge on any atom is -0.381 e. The Morgan fingerprint density at radius 3 is 2.81 bits per heavy atom. The Kier molecular flexibility index (Phi) is 3.92. The summed E-state index contributed by atoms with van der Waals surface area (Å²) in [5, 5.41) is 11.2. The number of allylic oxidation sites excluding steroid dienone is 6. The second kappa shape index (κ2) is 5.62.